The Morgan fingerprint density at radius 1 is 0.245 bits per heavy atom. The summed E-state index contributed by atoms with van der Waals surface area (Å²) in [6.07, 6.45) is 59.9. The number of aliphatic hydroxyl groups excluding tert-OH is 1. The van der Waals surface area contributed by atoms with Crippen LogP contribution in [-0.4, -0.2) is 96.7 Å². The number of esters is 4. The van der Waals surface area contributed by atoms with Crippen molar-refractivity contribution in [3.05, 3.63) is 0 Å². The molecule has 102 heavy (non-hydrogen) atoms. The monoisotopic (exact) mass is 1490 g/mol. The number of ether oxygens (including phenoxy) is 4. The van der Waals surface area contributed by atoms with Crippen molar-refractivity contribution in [3.63, 3.8) is 0 Å². The van der Waals surface area contributed by atoms with Gasteiger partial charge in [-0.15, -0.1) is 0 Å². The van der Waals surface area contributed by atoms with Crippen LogP contribution in [0, 0.1) is 23.7 Å². The summed E-state index contributed by atoms with van der Waals surface area (Å²) in [5, 5.41) is 10.6. The fraction of sp³-hybridized carbons (Fsp3) is 0.952. The highest BCUT2D eigenvalue weighted by atomic mass is 31.2. The Hall–Kier alpha value is -1.94. The highest BCUT2D eigenvalue weighted by molar-refractivity contribution is 7.47. The van der Waals surface area contributed by atoms with E-state index in [-0.39, 0.29) is 25.7 Å². The second-order valence-corrected chi connectivity index (χ2v) is 34.7. The minimum Gasteiger partial charge on any atom is -0.462 e. The van der Waals surface area contributed by atoms with Gasteiger partial charge < -0.3 is 33.8 Å². The van der Waals surface area contributed by atoms with E-state index in [9.17, 15) is 43.2 Å². The van der Waals surface area contributed by atoms with Crippen molar-refractivity contribution >= 4 is 39.5 Å². The van der Waals surface area contributed by atoms with Crippen LogP contribution in [0.3, 0.4) is 0 Å². The lowest BCUT2D eigenvalue weighted by Crippen LogP contribution is -2.30. The van der Waals surface area contributed by atoms with Crippen molar-refractivity contribution in [3.8, 4) is 0 Å². The summed E-state index contributed by atoms with van der Waals surface area (Å²) in [5.41, 5.74) is 0. The van der Waals surface area contributed by atoms with Gasteiger partial charge in [-0.05, 0) is 49.4 Å². The molecule has 0 amide bonds. The Bertz CT molecular complexity index is 1990. The zero-order valence-electron chi connectivity index (χ0n) is 67.2. The molecule has 0 aliphatic carbocycles. The molecule has 17 nitrogen and oxygen atoms in total. The maximum Gasteiger partial charge on any atom is 0.472 e. The first kappa shape index (κ1) is 100. The van der Waals surface area contributed by atoms with Crippen molar-refractivity contribution in [2.45, 2.75) is 446 Å². The Balaban J connectivity index is 5.18. The molecule has 0 bridgehead atoms. The standard InChI is InChI=1S/C83H162O17P2/c1-73(2)59-51-43-35-29-23-18-14-11-9-10-12-16-20-26-32-38-47-55-63-80(85)93-69-78(99-83(88)66-58-50-40-34-28-22-25-31-37-45-53-61-75(5)6)71-97-101(89,90)95-67-77(84)68-96-102(91,92)98-72-79(70-94-81(86)64-56-48-42-41-46-54-62-76(7)8)100-82(87)65-57-49-39-33-27-21-17-13-15-19-24-30-36-44-52-60-74(3)4/h73-79,84H,9-72H2,1-8H3,(H,89,90)(H,91,92)/t77?,78-,79-/m1/s1. The largest absolute Gasteiger partial charge is 0.472 e. The number of hydrogen-bond acceptors (Lipinski definition) is 15. The molecule has 0 aromatic carbocycles. The van der Waals surface area contributed by atoms with Gasteiger partial charge in [-0.2, -0.15) is 0 Å². The van der Waals surface area contributed by atoms with Gasteiger partial charge in [-0.1, -0.05) is 376 Å². The summed E-state index contributed by atoms with van der Waals surface area (Å²) in [7, 11) is -9.92. The van der Waals surface area contributed by atoms with Gasteiger partial charge in [0, 0.05) is 25.7 Å². The van der Waals surface area contributed by atoms with E-state index >= 15 is 0 Å². The van der Waals surface area contributed by atoms with E-state index in [1.165, 1.54) is 225 Å². The molecule has 0 saturated carbocycles. The molecular formula is C83H162O17P2. The minimum absolute atomic E-state index is 0.106. The first-order valence-corrected chi connectivity index (χ1v) is 45.7. The van der Waals surface area contributed by atoms with Crippen molar-refractivity contribution in [1.82, 2.24) is 0 Å². The molecule has 606 valence electrons. The molecular weight excluding hydrogens is 1330 g/mol. The zero-order chi connectivity index (χ0) is 75.3. The first-order chi connectivity index (χ1) is 49.1. The van der Waals surface area contributed by atoms with Crippen LogP contribution < -0.4 is 0 Å². The van der Waals surface area contributed by atoms with Crippen molar-refractivity contribution in [2.75, 3.05) is 39.6 Å². The molecule has 0 aliphatic rings. The van der Waals surface area contributed by atoms with E-state index < -0.39 is 97.5 Å². The van der Waals surface area contributed by atoms with E-state index in [0.717, 1.165) is 114 Å². The summed E-state index contributed by atoms with van der Waals surface area (Å²) < 4.78 is 68.7. The molecule has 0 aromatic heterocycles. The van der Waals surface area contributed by atoms with Crippen LogP contribution in [0.4, 0.5) is 0 Å². The lowest BCUT2D eigenvalue weighted by molar-refractivity contribution is -0.161. The molecule has 0 aliphatic heterocycles. The Morgan fingerprint density at radius 2 is 0.412 bits per heavy atom. The van der Waals surface area contributed by atoms with Crippen LogP contribution in [0.5, 0.6) is 0 Å². The number of hydrogen-bond donors (Lipinski definition) is 3. The molecule has 0 heterocycles. The third-order valence-corrected chi connectivity index (χ3v) is 21.2. The molecule has 3 unspecified atom stereocenters. The lowest BCUT2D eigenvalue weighted by atomic mass is 10.0. The first-order valence-electron chi connectivity index (χ1n) is 42.7. The molecule has 0 fully saturated rings. The average molecular weight is 1490 g/mol. The summed E-state index contributed by atoms with van der Waals surface area (Å²) in [5.74, 6) is 0.956. The summed E-state index contributed by atoms with van der Waals surface area (Å²) in [6, 6.07) is 0. The van der Waals surface area contributed by atoms with Crippen LogP contribution in [0.25, 0.3) is 0 Å². The number of rotatable bonds is 80. The van der Waals surface area contributed by atoms with Gasteiger partial charge in [0.1, 0.15) is 19.3 Å². The van der Waals surface area contributed by atoms with E-state index in [1.54, 1.807) is 0 Å². The number of phosphoric ester groups is 2. The Kier molecular flexibility index (Phi) is 70.6. The van der Waals surface area contributed by atoms with Crippen LogP contribution in [0.2, 0.25) is 0 Å². The molecule has 3 N–H and O–H groups in total. The molecule has 19 heteroatoms. The maximum atomic E-state index is 13.1. The van der Waals surface area contributed by atoms with Gasteiger partial charge in [-0.25, -0.2) is 9.13 Å². The van der Waals surface area contributed by atoms with Crippen LogP contribution in [0.1, 0.15) is 428 Å². The second-order valence-electron chi connectivity index (χ2n) is 31.8. The maximum absolute atomic E-state index is 13.1. The average Bonchev–Trinajstić information content (AvgIpc) is 0.911. The molecule has 5 atom stereocenters. The fourth-order valence-corrected chi connectivity index (χ4v) is 14.4. The number of unbranched alkanes of at least 4 members (excludes halogenated alkanes) is 46. The second kappa shape index (κ2) is 72.0. The van der Waals surface area contributed by atoms with Crippen molar-refractivity contribution in [1.29, 1.82) is 0 Å². The molecule has 0 radical (unpaired) electrons. The Labute approximate surface area is 626 Å². The predicted octanol–water partition coefficient (Wildman–Crippen LogP) is 24.8. The van der Waals surface area contributed by atoms with E-state index in [1.807, 2.05) is 0 Å². The van der Waals surface area contributed by atoms with Gasteiger partial charge in [0.25, 0.3) is 0 Å². The SMILES string of the molecule is CC(C)CCCCCCCCCCCCCCCCCCCCC(=O)OC[C@H](COP(=O)(O)OCC(O)COP(=O)(O)OC[C@@H](COC(=O)CCCCCCCCC(C)C)OC(=O)CCCCCCCCCCCCCCCCCC(C)C)OC(=O)CCCCCCCCCCCCCC(C)C. The number of carbonyl (C=O) groups excluding carboxylic acids is 4. The topological polar surface area (TPSA) is 237 Å². The minimum atomic E-state index is -4.96. The molecule has 0 aromatic rings. The summed E-state index contributed by atoms with van der Waals surface area (Å²) in [6.45, 7) is 14.2. The lowest BCUT2D eigenvalue weighted by Gasteiger charge is -2.21. The predicted molar refractivity (Wildman–Crippen MR) is 418 cm³/mol. The molecule has 0 rings (SSSR count). The van der Waals surface area contributed by atoms with Gasteiger partial charge in [0.05, 0.1) is 26.4 Å². The fourth-order valence-electron chi connectivity index (χ4n) is 12.8. The van der Waals surface area contributed by atoms with Crippen LogP contribution >= 0.6 is 15.6 Å². The van der Waals surface area contributed by atoms with E-state index in [4.69, 9.17) is 37.0 Å². The van der Waals surface area contributed by atoms with Crippen LogP contribution in [0.15, 0.2) is 0 Å². The quantitative estimate of drug-likeness (QED) is 0.0222. The summed E-state index contributed by atoms with van der Waals surface area (Å²) >= 11 is 0. The zero-order valence-corrected chi connectivity index (χ0v) is 69.0. The smallest absolute Gasteiger partial charge is 0.462 e. The Morgan fingerprint density at radius 3 is 0.608 bits per heavy atom. The third kappa shape index (κ3) is 76.3. The molecule has 0 saturated heterocycles. The van der Waals surface area contributed by atoms with Gasteiger partial charge in [0.15, 0.2) is 12.2 Å². The van der Waals surface area contributed by atoms with E-state index in [0.29, 0.717) is 31.6 Å². The van der Waals surface area contributed by atoms with Crippen LogP contribution in [-0.2, 0) is 65.4 Å². The van der Waals surface area contributed by atoms with E-state index in [2.05, 4.69) is 55.4 Å². The van der Waals surface area contributed by atoms with Crippen molar-refractivity contribution in [2.24, 2.45) is 23.7 Å². The van der Waals surface area contributed by atoms with Gasteiger partial charge >= 0.3 is 39.5 Å². The summed E-state index contributed by atoms with van der Waals surface area (Å²) in [4.78, 5) is 73.0. The third-order valence-electron chi connectivity index (χ3n) is 19.3. The van der Waals surface area contributed by atoms with Crippen molar-refractivity contribution < 1.29 is 80.2 Å². The molecule has 0 spiro atoms. The normalized spacial score (nSPS) is 14.0. The number of aliphatic hydroxyl groups is 1. The van der Waals surface area contributed by atoms with Gasteiger partial charge in [-0.3, -0.25) is 37.3 Å². The van der Waals surface area contributed by atoms with Gasteiger partial charge in [0.2, 0.25) is 0 Å². The highest BCUT2D eigenvalue weighted by Crippen LogP contribution is 2.45. The number of carbonyl (C=O) groups is 4. The number of phosphoric acid groups is 2. The highest BCUT2D eigenvalue weighted by Gasteiger charge is 2.30.